The molecule has 0 aromatic carbocycles. The van der Waals surface area contributed by atoms with Gasteiger partial charge in [-0.05, 0) is 73.0 Å². The predicted molar refractivity (Wildman–Crippen MR) is 106 cm³/mol. The molecular weight excluding hydrogens is 336 g/mol. The van der Waals surface area contributed by atoms with E-state index in [2.05, 4.69) is 20.8 Å². The molecule has 0 spiro atoms. The lowest BCUT2D eigenvalue weighted by Gasteiger charge is -2.59. The lowest BCUT2D eigenvalue weighted by molar-refractivity contribution is -0.158. The number of aliphatic hydroxyl groups is 1. The smallest absolute Gasteiger partial charge is 0.137 e. The third-order valence-corrected chi connectivity index (χ3v) is 9.57. The Bertz CT molecular complexity index is 613. The first kappa shape index (κ1) is 19.6. The van der Waals surface area contributed by atoms with Crippen molar-refractivity contribution < 1.29 is 14.7 Å². The van der Waals surface area contributed by atoms with E-state index in [1.54, 1.807) is 0 Å². The van der Waals surface area contributed by atoms with E-state index in [0.29, 0.717) is 36.2 Å². The van der Waals surface area contributed by atoms with E-state index in [1.165, 1.54) is 32.1 Å². The van der Waals surface area contributed by atoms with Gasteiger partial charge in [0.1, 0.15) is 11.6 Å². The lowest BCUT2D eigenvalue weighted by Crippen LogP contribution is -2.57. The maximum absolute atomic E-state index is 13.6. The molecule has 4 aliphatic rings. The van der Waals surface area contributed by atoms with Gasteiger partial charge in [-0.15, -0.1) is 0 Å². The van der Waals surface area contributed by atoms with Crippen molar-refractivity contribution in [2.24, 2.45) is 46.3 Å². The van der Waals surface area contributed by atoms with Crippen LogP contribution in [0, 0.1) is 46.3 Å². The number of aliphatic hydroxyl groups excluding tert-OH is 1. The highest BCUT2D eigenvalue weighted by Crippen LogP contribution is 2.66. The first-order valence-corrected chi connectivity index (χ1v) is 11.5. The number of fused-ring (bicyclic) bond motifs is 5. The molecule has 0 aliphatic heterocycles. The summed E-state index contributed by atoms with van der Waals surface area (Å²) in [6.45, 7) is 7.02. The quantitative estimate of drug-likeness (QED) is 0.769. The Labute approximate surface area is 164 Å². The number of hydrogen-bond donors (Lipinski definition) is 1. The second kappa shape index (κ2) is 6.97. The fourth-order valence-corrected chi connectivity index (χ4v) is 8.49. The highest BCUT2D eigenvalue weighted by Gasteiger charge is 2.65. The van der Waals surface area contributed by atoms with Crippen LogP contribution in [0.3, 0.4) is 0 Å². The Morgan fingerprint density at radius 3 is 2.59 bits per heavy atom. The first-order valence-electron chi connectivity index (χ1n) is 11.5. The zero-order chi connectivity index (χ0) is 19.4. The summed E-state index contributed by atoms with van der Waals surface area (Å²) in [4.78, 5) is 26.7. The second-order valence-electron chi connectivity index (χ2n) is 10.9. The topological polar surface area (TPSA) is 54.4 Å². The minimum atomic E-state index is -0.151. The Kier molecular flexibility index (Phi) is 5.06. The van der Waals surface area contributed by atoms with Crippen molar-refractivity contribution in [1.82, 2.24) is 0 Å². The molecule has 152 valence electrons. The van der Waals surface area contributed by atoms with Crippen molar-refractivity contribution in [1.29, 1.82) is 0 Å². The molecule has 0 amide bonds. The summed E-state index contributed by atoms with van der Waals surface area (Å²) in [7, 11) is 0. The van der Waals surface area contributed by atoms with Gasteiger partial charge >= 0.3 is 0 Å². The van der Waals surface area contributed by atoms with E-state index < -0.39 is 0 Å². The molecule has 0 aromatic heterocycles. The van der Waals surface area contributed by atoms with Gasteiger partial charge in [-0.3, -0.25) is 9.59 Å². The molecule has 0 aromatic rings. The molecular formula is C24H38O3. The van der Waals surface area contributed by atoms with E-state index in [1.807, 2.05) is 0 Å². The number of Topliss-reactive ketones (excluding diaryl/α,β-unsaturated/α-hetero) is 2. The highest BCUT2D eigenvalue weighted by atomic mass is 16.3. The molecule has 1 N–H and O–H groups in total. The fourth-order valence-electron chi connectivity index (χ4n) is 8.49. The van der Waals surface area contributed by atoms with Crippen LogP contribution in [0.5, 0.6) is 0 Å². The zero-order valence-electron chi connectivity index (χ0n) is 17.5. The van der Waals surface area contributed by atoms with Crippen LogP contribution in [0.4, 0.5) is 0 Å². The number of hydrogen-bond acceptors (Lipinski definition) is 3. The number of carbonyl (C=O) groups is 2. The molecule has 4 rings (SSSR count). The molecule has 3 heteroatoms. The molecule has 0 saturated heterocycles. The van der Waals surface area contributed by atoms with Crippen LogP contribution >= 0.6 is 0 Å². The Morgan fingerprint density at radius 1 is 1.07 bits per heavy atom. The third-order valence-electron chi connectivity index (χ3n) is 9.57. The Morgan fingerprint density at radius 2 is 1.85 bits per heavy atom. The molecule has 0 radical (unpaired) electrons. The number of rotatable bonds is 4. The Balaban J connectivity index is 1.64. The summed E-state index contributed by atoms with van der Waals surface area (Å²) in [5, 5.41) is 9.22. The van der Waals surface area contributed by atoms with Crippen molar-refractivity contribution in [2.75, 3.05) is 6.61 Å². The summed E-state index contributed by atoms with van der Waals surface area (Å²) < 4.78 is 0. The van der Waals surface area contributed by atoms with Crippen molar-refractivity contribution in [3.8, 4) is 0 Å². The number of ketones is 2. The minimum Gasteiger partial charge on any atom is -0.396 e. The standard InChI is InChI=1S/C24H38O3/c1-15(7-6-12-25)21-19(26)13-18-17-10-9-16-8-4-5-11-23(16,2)22(17)20(27)14-24(18,21)3/h15-18,21-22,25H,4-14H2,1-3H3/t15-,16?,17+,18+,21+,22-,23+,24+/m1/s1. The van der Waals surface area contributed by atoms with Crippen LogP contribution < -0.4 is 0 Å². The second-order valence-corrected chi connectivity index (χ2v) is 10.9. The van der Waals surface area contributed by atoms with Crippen molar-refractivity contribution in [3.05, 3.63) is 0 Å². The van der Waals surface area contributed by atoms with Gasteiger partial charge in [-0.25, -0.2) is 0 Å². The average Bonchev–Trinajstić information content (AvgIpc) is 2.88. The van der Waals surface area contributed by atoms with Gasteiger partial charge in [0.15, 0.2) is 0 Å². The van der Waals surface area contributed by atoms with Crippen LogP contribution in [0.25, 0.3) is 0 Å². The van der Waals surface area contributed by atoms with Crippen molar-refractivity contribution >= 4 is 11.6 Å². The maximum atomic E-state index is 13.6. The van der Waals surface area contributed by atoms with E-state index >= 15 is 0 Å². The summed E-state index contributed by atoms with van der Waals surface area (Å²) in [6, 6.07) is 0. The molecule has 27 heavy (non-hydrogen) atoms. The first-order chi connectivity index (χ1) is 12.8. The highest BCUT2D eigenvalue weighted by molar-refractivity contribution is 5.90. The van der Waals surface area contributed by atoms with Gasteiger partial charge in [0.25, 0.3) is 0 Å². The SMILES string of the molecule is C[C@H](CCCO)[C@H]1C(=O)C[C@H]2[C@@H]3CCC4CCCC[C@]4(C)[C@H]3C(=O)C[C@]12C. The molecule has 1 unspecified atom stereocenters. The van der Waals surface area contributed by atoms with Gasteiger partial charge in [0.2, 0.25) is 0 Å². The monoisotopic (exact) mass is 374 g/mol. The van der Waals surface area contributed by atoms with Gasteiger partial charge in [0.05, 0.1) is 0 Å². The summed E-state index contributed by atoms with van der Waals surface area (Å²) in [5.41, 5.74) is 0.0330. The van der Waals surface area contributed by atoms with Gasteiger partial charge in [-0.1, -0.05) is 33.6 Å². The summed E-state index contributed by atoms with van der Waals surface area (Å²) in [6.07, 6.45) is 10.5. The van der Waals surface area contributed by atoms with Gasteiger partial charge < -0.3 is 5.11 Å². The molecule has 3 nitrogen and oxygen atoms in total. The fraction of sp³-hybridized carbons (Fsp3) is 0.917. The largest absolute Gasteiger partial charge is 0.396 e. The molecule has 4 fully saturated rings. The van der Waals surface area contributed by atoms with Gasteiger partial charge in [0, 0.05) is 31.3 Å². The molecule has 0 bridgehead atoms. The number of carbonyl (C=O) groups excluding carboxylic acids is 2. The third kappa shape index (κ3) is 2.86. The van der Waals surface area contributed by atoms with E-state index in [9.17, 15) is 14.7 Å². The van der Waals surface area contributed by atoms with Crippen LogP contribution in [0.15, 0.2) is 0 Å². The van der Waals surface area contributed by atoms with Crippen LogP contribution in [-0.4, -0.2) is 23.3 Å². The predicted octanol–water partition coefficient (Wildman–Crippen LogP) is 4.80. The average molecular weight is 375 g/mol. The molecule has 0 heterocycles. The summed E-state index contributed by atoms with van der Waals surface area (Å²) >= 11 is 0. The zero-order valence-corrected chi connectivity index (χ0v) is 17.5. The van der Waals surface area contributed by atoms with Crippen LogP contribution in [0.1, 0.15) is 85.0 Å². The maximum Gasteiger partial charge on any atom is 0.137 e. The van der Waals surface area contributed by atoms with Gasteiger partial charge in [-0.2, -0.15) is 0 Å². The molecule has 8 atom stereocenters. The van der Waals surface area contributed by atoms with E-state index in [-0.39, 0.29) is 35.2 Å². The lowest BCUT2D eigenvalue weighted by atomic mass is 9.44. The van der Waals surface area contributed by atoms with Crippen molar-refractivity contribution in [3.63, 3.8) is 0 Å². The Hall–Kier alpha value is -0.700. The minimum absolute atomic E-state index is 0.0100. The normalized spacial score (nSPS) is 47.9. The molecule has 4 aliphatic carbocycles. The van der Waals surface area contributed by atoms with Crippen LogP contribution in [0.2, 0.25) is 0 Å². The van der Waals surface area contributed by atoms with E-state index in [0.717, 1.165) is 25.2 Å². The summed E-state index contributed by atoms with van der Waals surface area (Å²) in [5.74, 6) is 2.90. The molecule has 4 saturated carbocycles. The van der Waals surface area contributed by atoms with Crippen LogP contribution in [-0.2, 0) is 9.59 Å². The van der Waals surface area contributed by atoms with E-state index in [4.69, 9.17) is 0 Å². The van der Waals surface area contributed by atoms with Crippen molar-refractivity contribution in [2.45, 2.75) is 85.0 Å².